The molecule has 0 aliphatic rings. The first kappa shape index (κ1) is 11.6. The molecule has 1 aromatic carbocycles. The van der Waals surface area contributed by atoms with Gasteiger partial charge < -0.3 is 0 Å². The minimum atomic E-state index is -0.0631. The number of rotatable bonds is 2. The molecule has 0 aliphatic heterocycles. The van der Waals surface area contributed by atoms with Crippen LogP contribution in [0.2, 0.25) is 0 Å². The third-order valence-electron chi connectivity index (χ3n) is 2.73. The van der Waals surface area contributed by atoms with Gasteiger partial charge in [-0.3, -0.25) is 4.79 Å². The summed E-state index contributed by atoms with van der Waals surface area (Å²) in [7, 11) is 1.71. The topological polar surface area (TPSA) is 47.8 Å². The lowest BCUT2D eigenvalue weighted by atomic mass is 10.1. The average molecular weight is 322 g/mol. The number of benzene rings is 1. The number of halogens is 1. The van der Waals surface area contributed by atoms with Gasteiger partial charge in [-0.2, -0.15) is 0 Å². The molecule has 2 heterocycles. The molecule has 0 spiro atoms. The number of fused-ring (bicyclic) bond motifs is 1. The summed E-state index contributed by atoms with van der Waals surface area (Å²) in [5, 5.41) is 10.5. The number of nitrogens with zero attached hydrogens (tertiary/aromatic N) is 3. The highest BCUT2D eigenvalue weighted by Gasteiger charge is 2.21. The number of carbonyl (C=O) groups excluding carboxylic acids is 1. The van der Waals surface area contributed by atoms with Gasteiger partial charge in [0.2, 0.25) is 5.78 Å². The Balaban J connectivity index is 2.19. The van der Waals surface area contributed by atoms with Crippen molar-refractivity contribution in [2.75, 3.05) is 0 Å². The molecule has 0 fully saturated rings. The van der Waals surface area contributed by atoms with Crippen LogP contribution in [0.25, 0.3) is 10.1 Å². The Morgan fingerprint density at radius 1 is 1.39 bits per heavy atom. The Morgan fingerprint density at radius 2 is 2.17 bits per heavy atom. The smallest absolute Gasteiger partial charge is 0.215 e. The van der Waals surface area contributed by atoms with Crippen molar-refractivity contribution >= 4 is 43.1 Å². The highest BCUT2D eigenvalue weighted by molar-refractivity contribution is 9.10. The van der Waals surface area contributed by atoms with Gasteiger partial charge in [0.1, 0.15) is 5.69 Å². The molecular weight excluding hydrogens is 314 g/mol. The minimum absolute atomic E-state index is 0.0631. The van der Waals surface area contributed by atoms with Gasteiger partial charge in [0, 0.05) is 28.1 Å². The molecule has 0 atom stereocenters. The summed E-state index contributed by atoms with van der Waals surface area (Å²) >= 11 is 4.82. The number of aryl methyl sites for hydroxylation is 1. The monoisotopic (exact) mass is 321 g/mol. The second-order valence-electron chi connectivity index (χ2n) is 3.83. The molecule has 0 radical (unpaired) electrons. The predicted molar refractivity (Wildman–Crippen MR) is 74.0 cm³/mol. The van der Waals surface area contributed by atoms with Crippen molar-refractivity contribution in [1.29, 1.82) is 0 Å². The van der Waals surface area contributed by atoms with E-state index < -0.39 is 0 Å². The molecule has 0 saturated heterocycles. The zero-order chi connectivity index (χ0) is 12.7. The Bertz CT molecular complexity index is 727. The molecule has 0 unspecified atom stereocenters. The van der Waals surface area contributed by atoms with Gasteiger partial charge in [-0.15, -0.1) is 16.4 Å². The lowest BCUT2D eigenvalue weighted by Gasteiger charge is -2.00. The van der Waals surface area contributed by atoms with Gasteiger partial charge in [0.05, 0.1) is 0 Å². The van der Waals surface area contributed by atoms with Crippen molar-refractivity contribution in [1.82, 2.24) is 15.0 Å². The van der Waals surface area contributed by atoms with Gasteiger partial charge in [-0.05, 0) is 22.0 Å². The molecule has 0 N–H and O–H groups in total. The summed E-state index contributed by atoms with van der Waals surface area (Å²) in [6.45, 7) is 0. The number of hydrogen-bond donors (Lipinski definition) is 0. The van der Waals surface area contributed by atoms with Crippen LogP contribution in [0.15, 0.2) is 34.2 Å². The standard InChI is InChI=1S/C12H8BrN3OS/c1-16-10(12(13)14-15-16)11(17)8-6-18-9-5-3-2-4-7(8)9/h2-6H,1H3. The summed E-state index contributed by atoms with van der Waals surface area (Å²) in [5.74, 6) is -0.0631. The second kappa shape index (κ2) is 4.29. The number of hydrogen-bond acceptors (Lipinski definition) is 4. The van der Waals surface area contributed by atoms with E-state index in [0.717, 1.165) is 10.1 Å². The van der Waals surface area contributed by atoms with Crippen LogP contribution in [0.4, 0.5) is 0 Å². The molecule has 0 saturated carbocycles. The summed E-state index contributed by atoms with van der Waals surface area (Å²) < 4.78 is 3.07. The van der Waals surface area contributed by atoms with Crippen LogP contribution in [-0.2, 0) is 7.05 Å². The molecule has 0 amide bonds. The lowest BCUT2D eigenvalue weighted by molar-refractivity contribution is 0.103. The number of thiophene rings is 1. The molecule has 3 aromatic rings. The van der Waals surface area contributed by atoms with Crippen molar-refractivity contribution in [3.63, 3.8) is 0 Å². The van der Waals surface area contributed by atoms with Crippen molar-refractivity contribution in [3.05, 3.63) is 45.5 Å². The fourth-order valence-corrected chi connectivity index (χ4v) is 3.30. The minimum Gasteiger partial charge on any atom is -0.287 e. The van der Waals surface area contributed by atoms with E-state index in [0.29, 0.717) is 15.9 Å². The van der Waals surface area contributed by atoms with Crippen molar-refractivity contribution in [2.45, 2.75) is 0 Å². The maximum absolute atomic E-state index is 12.5. The SMILES string of the molecule is Cn1nnc(Br)c1C(=O)c1csc2ccccc12. The van der Waals surface area contributed by atoms with Crippen molar-refractivity contribution in [2.24, 2.45) is 7.05 Å². The van der Waals surface area contributed by atoms with Crippen LogP contribution in [0, 0.1) is 0 Å². The Labute approximate surface area is 115 Å². The molecule has 0 bridgehead atoms. The normalized spacial score (nSPS) is 11.0. The molecule has 18 heavy (non-hydrogen) atoms. The molecule has 90 valence electrons. The molecule has 0 aliphatic carbocycles. The number of ketones is 1. The molecule has 4 nitrogen and oxygen atoms in total. The first-order valence-corrected chi connectivity index (χ1v) is 6.92. The van der Waals surface area contributed by atoms with Gasteiger partial charge in [-0.1, -0.05) is 23.4 Å². The average Bonchev–Trinajstić information content (AvgIpc) is 2.93. The Kier molecular flexibility index (Phi) is 2.76. The lowest BCUT2D eigenvalue weighted by Crippen LogP contribution is -2.08. The largest absolute Gasteiger partial charge is 0.287 e. The van der Waals surface area contributed by atoms with E-state index in [1.807, 2.05) is 29.6 Å². The fourth-order valence-electron chi connectivity index (χ4n) is 1.85. The van der Waals surface area contributed by atoms with E-state index in [2.05, 4.69) is 26.2 Å². The van der Waals surface area contributed by atoms with E-state index in [1.165, 1.54) is 4.68 Å². The van der Waals surface area contributed by atoms with Crippen LogP contribution in [0.5, 0.6) is 0 Å². The van der Waals surface area contributed by atoms with Crippen LogP contribution >= 0.6 is 27.3 Å². The summed E-state index contributed by atoms with van der Waals surface area (Å²) in [6.07, 6.45) is 0. The third-order valence-corrected chi connectivity index (χ3v) is 4.22. The highest BCUT2D eigenvalue weighted by Crippen LogP contribution is 2.28. The fraction of sp³-hybridized carbons (Fsp3) is 0.0833. The summed E-state index contributed by atoms with van der Waals surface area (Å²) in [4.78, 5) is 12.5. The quantitative estimate of drug-likeness (QED) is 0.682. The summed E-state index contributed by atoms with van der Waals surface area (Å²) in [5.41, 5.74) is 1.17. The molecule has 3 rings (SSSR count). The Morgan fingerprint density at radius 3 is 2.89 bits per heavy atom. The van der Waals surface area contributed by atoms with Gasteiger partial charge in [0.25, 0.3) is 0 Å². The first-order chi connectivity index (χ1) is 8.68. The van der Waals surface area contributed by atoms with Gasteiger partial charge in [0.15, 0.2) is 4.60 Å². The maximum Gasteiger partial charge on any atom is 0.215 e. The number of aromatic nitrogens is 3. The van der Waals surface area contributed by atoms with Gasteiger partial charge in [-0.25, -0.2) is 4.68 Å². The predicted octanol–water partition coefficient (Wildman–Crippen LogP) is 3.02. The van der Waals surface area contributed by atoms with E-state index >= 15 is 0 Å². The van der Waals surface area contributed by atoms with Crippen LogP contribution in [0.1, 0.15) is 16.1 Å². The summed E-state index contributed by atoms with van der Waals surface area (Å²) in [6, 6.07) is 7.86. The number of carbonyl (C=O) groups is 1. The van der Waals surface area contributed by atoms with E-state index in [1.54, 1.807) is 18.4 Å². The van der Waals surface area contributed by atoms with E-state index in [9.17, 15) is 4.79 Å². The zero-order valence-electron chi connectivity index (χ0n) is 9.42. The van der Waals surface area contributed by atoms with Crippen molar-refractivity contribution in [3.8, 4) is 0 Å². The highest BCUT2D eigenvalue weighted by atomic mass is 79.9. The van der Waals surface area contributed by atoms with Crippen LogP contribution in [-0.4, -0.2) is 20.8 Å². The zero-order valence-corrected chi connectivity index (χ0v) is 11.8. The van der Waals surface area contributed by atoms with Gasteiger partial charge >= 0.3 is 0 Å². The van der Waals surface area contributed by atoms with E-state index in [4.69, 9.17) is 0 Å². The van der Waals surface area contributed by atoms with Crippen LogP contribution < -0.4 is 0 Å². The maximum atomic E-state index is 12.5. The molecular formula is C12H8BrN3OS. The third kappa shape index (κ3) is 1.69. The van der Waals surface area contributed by atoms with Crippen LogP contribution in [0.3, 0.4) is 0 Å². The Hall–Kier alpha value is -1.53. The van der Waals surface area contributed by atoms with E-state index in [-0.39, 0.29) is 5.78 Å². The molecule has 6 heteroatoms. The first-order valence-electron chi connectivity index (χ1n) is 5.24. The van der Waals surface area contributed by atoms with Crippen molar-refractivity contribution < 1.29 is 4.79 Å². The second-order valence-corrected chi connectivity index (χ2v) is 5.49. The molecule has 2 aromatic heterocycles.